The van der Waals surface area contributed by atoms with Crippen molar-refractivity contribution in [2.45, 2.75) is 0 Å². The van der Waals surface area contributed by atoms with Crippen molar-refractivity contribution in [3.63, 3.8) is 0 Å². The van der Waals surface area contributed by atoms with Crippen LogP contribution in [0.1, 0.15) is 16.7 Å². The fraction of sp³-hybridized carbons (Fsp3) is 0. The molecule has 3 aromatic rings. The molecule has 0 fully saturated rings. The van der Waals surface area contributed by atoms with Gasteiger partial charge in [0.25, 0.3) is 0 Å². The number of hydrogen-bond acceptors (Lipinski definition) is 5. The number of para-hydroxylation sites is 2. The predicted molar refractivity (Wildman–Crippen MR) is 109 cm³/mol. The number of benzene rings is 3. The van der Waals surface area contributed by atoms with E-state index in [4.69, 9.17) is 23.2 Å². The Labute approximate surface area is 172 Å². The van der Waals surface area contributed by atoms with Crippen molar-refractivity contribution in [1.82, 2.24) is 0 Å². The van der Waals surface area contributed by atoms with Crippen LogP contribution in [-0.2, 0) is 0 Å². The largest absolute Gasteiger partial charge is 0.291 e. The third kappa shape index (κ3) is 3.43. The number of anilines is 3. The highest BCUT2D eigenvalue weighted by Gasteiger charge is 2.24. The normalized spacial score (nSPS) is 9.68. The monoisotopic (exact) mass is 403 g/mol. The van der Waals surface area contributed by atoms with Crippen LogP contribution in [0.5, 0.6) is 0 Å². The number of nitrogens with one attached hydrogen (secondary N) is 1. The first kappa shape index (κ1) is 19.1. The van der Waals surface area contributed by atoms with E-state index in [1.807, 2.05) is 78.9 Å². The van der Waals surface area contributed by atoms with E-state index in [0.717, 1.165) is 11.4 Å². The lowest BCUT2D eigenvalue weighted by Gasteiger charge is -2.28. The molecule has 0 saturated carbocycles. The number of nitrogens with zero attached hydrogens (tertiary/aromatic N) is 4. The fourth-order valence-electron chi connectivity index (χ4n) is 2.65. The van der Waals surface area contributed by atoms with E-state index in [1.165, 1.54) is 0 Å². The van der Waals surface area contributed by atoms with Gasteiger partial charge in [0.05, 0.1) is 43.8 Å². The molecule has 3 rings (SSSR count). The molecule has 134 valence electrons. The second kappa shape index (κ2) is 8.33. The Kier molecular flexibility index (Phi) is 5.68. The van der Waals surface area contributed by atoms with Crippen molar-refractivity contribution >= 4 is 40.3 Å². The molecule has 28 heavy (non-hydrogen) atoms. The summed E-state index contributed by atoms with van der Waals surface area (Å²) < 4.78 is 0. The van der Waals surface area contributed by atoms with Gasteiger partial charge in [-0.3, -0.25) is 10.4 Å². The third-order valence-corrected chi connectivity index (χ3v) is 4.72. The first-order valence-electron chi connectivity index (χ1n) is 8.04. The average Bonchev–Trinajstić information content (AvgIpc) is 2.73. The summed E-state index contributed by atoms with van der Waals surface area (Å²) in [6.45, 7) is 0. The summed E-state index contributed by atoms with van der Waals surface area (Å²) in [5, 5.41) is 30.1. The second-order valence-electron chi connectivity index (χ2n) is 5.58. The number of halogens is 2. The first-order chi connectivity index (χ1) is 13.6. The summed E-state index contributed by atoms with van der Waals surface area (Å²) in [4.78, 5) is 0. The Morgan fingerprint density at radius 2 is 1.04 bits per heavy atom. The van der Waals surface area contributed by atoms with Crippen molar-refractivity contribution in [2.75, 3.05) is 10.4 Å². The number of nitriles is 3. The van der Waals surface area contributed by atoms with Gasteiger partial charge in [-0.25, -0.2) is 0 Å². The van der Waals surface area contributed by atoms with Gasteiger partial charge >= 0.3 is 0 Å². The minimum atomic E-state index is -0.104. The Hall–Kier alpha value is -3.69. The Bertz CT molecular complexity index is 1060. The van der Waals surface area contributed by atoms with Gasteiger partial charge in [-0.2, -0.15) is 15.8 Å². The van der Waals surface area contributed by atoms with E-state index >= 15 is 0 Å². The van der Waals surface area contributed by atoms with E-state index in [1.54, 1.807) is 5.01 Å². The van der Waals surface area contributed by atoms with Gasteiger partial charge in [-0.1, -0.05) is 59.6 Å². The first-order valence-corrected chi connectivity index (χ1v) is 8.80. The molecule has 1 N–H and O–H groups in total. The molecule has 0 bridgehead atoms. The van der Waals surface area contributed by atoms with Crippen molar-refractivity contribution < 1.29 is 0 Å². The summed E-state index contributed by atoms with van der Waals surface area (Å²) in [6, 6.07) is 24.5. The quantitative estimate of drug-likeness (QED) is 0.558. The van der Waals surface area contributed by atoms with Crippen molar-refractivity contribution in [1.29, 1.82) is 15.8 Å². The Morgan fingerprint density at radius 3 is 1.39 bits per heavy atom. The average molecular weight is 404 g/mol. The molecule has 0 atom stereocenters. The van der Waals surface area contributed by atoms with Gasteiger partial charge in [-0.15, -0.1) is 0 Å². The number of hydrogen-bond donors (Lipinski definition) is 1. The highest BCUT2D eigenvalue weighted by molar-refractivity contribution is 6.38. The van der Waals surface area contributed by atoms with Gasteiger partial charge in [-0.05, 0) is 24.3 Å². The topological polar surface area (TPSA) is 86.6 Å². The molecule has 0 aromatic heterocycles. The summed E-state index contributed by atoms with van der Waals surface area (Å²) in [5.41, 5.74) is 4.58. The molecular formula is C21H11Cl2N5. The zero-order chi connectivity index (χ0) is 20.1. The van der Waals surface area contributed by atoms with Gasteiger partial charge < -0.3 is 0 Å². The highest BCUT2D eigenvalue weighted by atomic mass is 35.5. The molecule has 3 aromatic carbocycles. The maximum Gasteiger partial charge on any atom is 0.103 e. The molecule has 0 radical (unpaired) electrons. The smallest absolute Gasteiger partial charge is 0.103 e. The molecule has 0 aliphatic carbocycles. The van der Waals surface area contributed by atoms with E-state index in [2.05, 4.69) is 5.43 Å². The lowest BCUT2D eigenvalue weighted by molar-refractivity contribution is 1.15. The lowest BCUT2D eigenvalue weighted by atomic mass is 10.0. The minimum absolute atomic E-state index is 0.0315. The standard InChI is InChI=1S/C21H11Cl2N5/c22-19-16(11-24)20(23)18(13-26)21(17(19)12-25)27-28(14-7-3-1-4-8-14)15-9-5-2-6-10-15/h1-10,27H. The van der Waals surface area contributed by atoms with E-state index < -0.39 is 0 Å². The summed E-state index contributed by atoms with van der Waals surface area (Å²) >= 11 is 12.5. The maximum atomic E-state index is 9.63. The van der Waals surface area contributed by atoms with Crippen LogP contribution >= 0.6 is 23.2 Å². The SMILES string of the molecule is N#Cc1c(Cl)c(C#N)c(NN(c2ccccc2)c2ccccc2)c(C#N)c1Cl. The summed E-state index contributed by atoms with van der Waals surface area (Å²) in [6.07, 6.45) is 0. The minimum Gasteiger partial charge on any atom is -0.291 e. The molecule has 0 heterocycles. The summed E-state index contributed by atoms with van der Waals surface area (Å²) in [7, 11) is 0. The molecule has 0 aliphatic rings. The second-order valence-corrected chi connectivity index (χ2v) is 6.34. The summed E-state index contributed by atoms with van der Waals surface area (Å²) in [5.74, 6) is 0. The molecule has 5 nitrogen and oxygen atoms in total. The maximum absolute atomic E-state index is 9.63. The fourth-order valence-corrected chi connectivity index (χ4v) is 3.25. The Morgan fingerprint density at radius 1 is 0.643 bits per heavy atom. The number of rotatable bonds is 4. The molecule has 0 saturated heterocycles. The van der Waals surface area contributed by atoms with Crippen LogP contribution in [0.15, 0.2) is 60.7 Å². The van der Waals surface area contributed by atoms with Gasteiger partial charge in [0.1, 0.15) is 18.2 Å². The van der Waals surface area contributed by atoms with Crippen LogP contribution in [-0.4, -0.2) is 0 Å². The Balaban J connectivity index is 2.24. The highest BCUT2D eigenvalue weighted by Crippen LogP contribution is 2.39. The molecule has 0 spiro atoms. The zero-order valence-corrected chi connectivity index (χ0v) is 15.8. The van der Waals surface area contributed by atoms with E-state index in [-0.39, 0.29) is 32.4 Å². The van der Waals surface area contributed by atoms with Crippen molar-refractivity contribution in [2.24, 2.45) is 0 Å². The van der Waals surface area contributed by atoms with E-state index in [9.17, 15) is 15.8 Å². The van der Waals surface area contributed by atoms with Crippen molar-refractivity contribution in [3.8, 4) is 18.2 Å². The van der Waals surface area contributed by atoms with Crippen LogP contribution in [0.3, 0.4) is 0 Å². The van der Waals surface area contributed by atoms with Gasteiger partial charge in [0.15, 0.2) is 0 Å². The molecule has 0 amide bonds. The van der Waals surface area contributed by atoms with Crippen LogP contribution < -0.4 is 10.4 Å². The van der Waals surface area contributed by atoms with E-state index in [0.29, 0.717) is 0 Å². The van der Waals surface area contributed by atoms with Gasteiger partial charge in [0.2, 0.25) is 0 Å². The van der Waals surface area contributed by atoms with Crippen molar-refractivity contribution in [3.05, 3.63) is 87.4 Å². The van der Waals surface area contributed by atoms with Crippen LogP contribution in [0.25, 0.3) is 0 Å². The van der Waals surface area contributed by atoms with Crippen LogP contribution in [0.2, 0.25) is 10.0 Å². The third-order valence-electron chi connectivity index (χ3n) is 3.97. The molecule has 0 aliphatic heterocycles. The van der Waals surface area contributed by atoms with Gasteiger partial charge in [0, 0.05) is 0 Å². The van der Waals surface area contributed by atoms with Crippen LogP contribution in [0.4, 0.5) is 17.1 Å². The number of hydrazine groups is 1. The molecule has 0 unspecified atom stereocenters. The zero-order valence-electron chi connectivity index (χ0n) is 14.3. The molecular weight excluding hydrogens is 393 g/mol. The predicted octanol–water partition coefficient (Wildman–Crippen LogP) is 5.77. The lowest BCUT2D eigenvalue weighted by Crippen LogP contribution is -2.26. The van der Waals surface area contributed by atoms with Crippen LogP contribution in [0, 0.1) is 34.0 Å². The molecule has 7 heteroatoms.